The SMILES string of the molecule is C=CCN(CC(=O)NCCCOC)Cc1cccs1. The Labute approximate surface area is 119 Å². The molecule has 0 aliphatic heterocycles. The van der Waals surface area contributed by atoms with Crippen LogP contribution in [0.1, 0.15) is 11.3 Å². The number of nitrogens with zero attached hydrogens (tertiary/aromatic N) is 1. The summed E-state index contributed by atoms with van der Waals surface area (Å²) in [6.45, 7) is 6.97. The van der Waals surface area contributed by atoms with Crippen LogP contribution < -0.4 is 5.32 Å². The minimum absolute atomic E-state index is 0.0505. The monoisotopic (exact) mass is 282 g/mol. The molecular weight excluding hydrogens is 260 g/mol. The van der Waals surface area contributed by atoms with Gasteiger partial charge in [-0.1, -0.05) is 12.1 Å². The average molecular weight is 282 g/mol. The van der Waals surface area contributed by atoms with Crippen molar-refractivity contribution in [1.82, 2.24) is 10.2 Å². The second kappa shape index (κ2) is 9.72. The fourth-order valence-corrected chi connectivity index (χ4v) is 2.44. The highest BCUT2D eigenvalue weighted by Crippen LogP contribution is 2.11. The molecule has 0 spiro atoms. The van der Waals surface area contributed by atoms with Crippen LogP contribution in [0.4, 0.5) is 0 Å². The lowest BCUT2D eigenvalue weighted by Gasteiger charge is -2.19. The van der Waals surface area contributed by atoms with Gasteiger partial charge in [-0.05, 0) is 17.9 Å². The number of nitrogens with one attached hydrogen (secondary N) is 1. The van der Waals surface area contributed by atoms with Crippen molar-refractivity contribution in [3.63, 3.8) is 0 Å². The fraction of sp³-hybridized carbons (Fsp3) is 0.500. The van der Waals surface area contributed by atoms with Crippen LogP contribution >= 0.6 is 11.3 Å². The zero-order valence-corrected chi connectivity index (χ0v) is 12.2. The summed E-state index contributed by atoms with van der Waals surface area (Å²) in [6.07, 6.45) is 2.67. The van der Waals surface area contributed by atoms with Crippen molar-refractivity contribution in [3.05, 3.63) is 35.0 Å². The summed E-state index contributed by atoms with van der Waals surface area (Å²) in [5, 5.41) is 4.94. The molecule has 0 radical (unpaired) electrons. The standard InChI is InChI=1S/C14H22N2O2S/c1-3-8-16(11-13-6-4-10-19-13)12-14(17)15-7-5-9-18-2/h3-4,6,10H,1,5,7-9,11-12H2,2H3,(H,15,17). The molecule has 1 N–H and O–H groups in total. The van der Waals surface area contributed by atoms with Crippen LogP contribution in [0.25, 0.3) is 0 Å². The molecule has 1 aromatic rings. The molecule has 0 saturated carbocycles. The summed E-state index contributed by atoms with van der Waals surface area (Å²) in [4.78, 5) is 15.1. The molecule has 106 valence electrons. The van der Waals surface area contributed by atoms with Crippen molar-refractivity contribution in [2.45, 2.75) is 13.0 Å². The number of carbonyl (C=O) groups excluding carboxylic acids is 1. The van der Waals surface area contributed by atoms with Crippen LogP contribution in [0.2, 0.25) is 0 Å². The lowest BCUT2D eigenvalue weighted by molar-refractivity contribution is -0.122. The van der Waals surface area contributed by atoms with Crippen molar-refractivity contribution in [3.8, 4) is 0 Å². The molecule has 0 aliphatic rings. The van der Waals surface area contributed by atoms with E-state index in [0.717, 1.165) is 13.0 Å². The van der Waals surface area contributed by atoms with E-state index in [2.05, 4.69) is 22.9 Å². The van der Waals surface area contributed by atoms with Gasteiger partial charge < -0.3 is 10.1 Å². The average Bonchev–Trinajstić information content (AvgIpc) is 2.88. The highest BCUT2D eigenvalue weighted by Gasteiger charge is 2.10. The topological polar surface area (TPSA) is 41.6 Å². The summed E-state index contributed by atoms with van der Waals surface area (Å²) in [5.41, 5.74) is 0. The van der Waals surface area contributed by atoms with Crippen LogP contribution in [-0.2, 0) is 16.1 Å². The molecule has 1 rings (SSSR count). The van der Waals surface area contributed by atoms with Gasteiger partial charge in [0, 0.05) is 38.2 Å². The molecule has 4 nitrogen and oxygen atoms in total. The molecule has 0 saturated heterocycles. The van der Waals surface area contributed by atoms with Gasteiger partial charge in [0.05, 0.1) is 6.54 Å². The van der Waals surface area contributed by atoms with E-state index >= 15 is 0 Å². The number of ether oxygens (including phenoxy) is 1. The molecule has 1 aromatic heterocycles. The summed E-state index contributed by atoms with van der Waals surface area (Å²) < 4.78 is 4.94. The lowest BCUT2D eigenvalue weighted by atomic mass is 10.3. The van der Waals surface area contributed by atoms with Crippen LogP contribution in [0.5, 0.6) is 0 Å². The van der Waals surface area contributed by atoms with E-state index in [4.69, 9.17) is 4.74 Å². The number of rotatable bonds is 10. The maximum absolute atomic E-state index is 11.8. The fourth-order valence-electron chi connectivity index (χ4n) is 1.69. The largest absolute Gasteiger partial charge is 0.385 e. The van der Waals surface area contributed by atoms with Gasteiger partial charge in [0.1, 0.15) is 0 Å². The number of hydrogen-bond donors (Lipinski definition) is 1. The summed E-state index contributed by atoms with van der Waals surface area (Å²) in [7, 11) is 1.66. The molecule has 0 aromatic carbocycles. The van der Waals surface area contributed by atoms with Gasteiger partial charge in [0.2, 0.25) is 5.91 Å². The van der Waals surface area contributed by atoms with Gasteiger partial charge in [-0.2, -0.15) is 0 Å². The Kier molecular flexibility index (Phi) is 8.13. The predicted octanol–water partition coefficient (Wildman–Crippen LogP) is 1.89. The quantitative estimate of drug-likeness (QED) is 0.526. The van der Waals surface area contributed by atoms with E-state index in [0.29, 0.717) is 26.2 Å². The van der Waals surface area contributed by atoms with E-state index in [1.165, 1.54) is 4.88 Å². The van der Waals surface area contributed by atoms with Gasteiger partial charge in [-0.25, -0.2) is 0 Å². The molecule has 0 atom stereocenters. The Bertz CT molecular complexity index is 366. The molecule has 1 amide bonds. The molecule has 1 heterocycles. The Morgan fingerprint density at radius 1 is 1.63 bits per heavy atom. The molecular formula is C14H22N2O2S. The predicted molar refractivity (Wildman–Crippen MR) is 79.3 cm³/mol. The van der Waals surface area contributed by atoms with E-state index in [9.17, 15) is 4.79 Å². The highest BCUT2D eigenvalue weighted by atomic mass is 32.1. The van der Waals surface area contributed by atoms with Gasteiger partial charge in [0.25, 0.3) is 0 Å². The van der Waals surface area contributed by atoms with Crippen LogP contribution in [0.15, 0.2) is 30.2 Å². The van der Waals surface area contributed by atoms with Crippen molar-refractivity contribution in [1.29, 1.82) is 0 Å². The summed E-state index contributed by atoms with van der Waals surface area (Å²) >= 11 is 1.70. The van der Waals surface area contributed by atoms with Gasteiger partial charge in [-0.3, -0.25) is 9.69 Å². The summed E-state index contributed by atoms with van der Waals surface area (Å²) in [6, 6.07) is 4.11. The number of carbonyl (C=O) groups is 1. The van der Waals surface area contributed by atoms with E-state index in [1.807, 2.05) is 17.5 Å². The third-order valence-corrected chi connectivity index (χ3v) is 3.42. The maximum atomic E-state index is 11.8. The number of hydrogen-bond acceptors (Lipinski definition) is 4. The Morgan fingerprint density at radius 3 is 3.11 bits per heavy atom. The normalized spacial score (nSPS) is 10.6. The van der Waals surface area contributed by atoms with E-state index < -0.39 is 0 Å². The first-order valence-electron chi connectivity index (χ1n) is 6.37. The van der Waals surface area contributed by atoms with Crippen molar-refractivity contribution >= 4 is 17.2 Å². The molecule has 19 heavy (non-hydrogen) atoms. The van der Waals surface area contributed by atoms with Crippen molar-refractivity contribution in [2.24, 2.45) is 0 Å². The van der Waals surface area contributed by atoms with Gasteiger partial charge in [-0.15, -0.1) is 17.9 Å². The second-order valence-corrected chi connectivity index (χ2v) is 5.27. The van der Waals surface area contributed by atoms with Crippen molar-refractivity contribution < 1.29 is 9.53 Å². The Balaban J connectivity index is 2.31. The van der Waals surface area contributed by atoms with Crippen LogP contribution in [0, 0.1) is 0 Å². The summed E-state index contributed by atoms with van der Waals surface area (Å²) in [5.74, 6) is 0.0505. The zero-order chi connectivity index (χ0) is 13.9. The zero-order valence-electron chi connectivity index (χ0n) is 11.4. The third kappa shape index (κ3) is 7.10. The second-order valence-electron chi connectivity index (χ2n) is 4.23. The van der Waals surface area contributed by atoms with Gasteiger partial charge >= 0.3 is 0 Å². The first-order chi connectivity index (χ1) is 9.26. The van der Waals surface area contributed by atoms with E-state index in [1.54, 1.807) is 18.4 Å². The molecule has 0 aliphatic carbocycles. The van der Waals surface area contributed by atoms with Crippen LogP contribution in [0.3, 0.4) is 0 Å². The number of methoxy groups -OCH3 is 1. The van der Waals surface area contributed by atoms with Gasteiger partial charge in [0.15, 0.2) is 0 Å². The number of amides is 1. The van der Waals surface area contributed by atoms with E-state index in [-0.39, 0.29) is 5.91 Å². The molecule has 5 heteroatoms. The lowest BCUT2D eigenvalue weighted by Crippen LogP contribution is -2.37. The smallest absolute Gasteiger partial charge is 0.234 e. The Morgan fingerprint density at radius 2 is 2.47 bits per heavy atom. The number of thiophene rings is 1. The van der Waals surface area contributed by atoms with Crippen molar-refractivity contribution in [2.75, 3.05) is 33.4 Å². The third-order valence-electron chi connectivity index (χ3n) is 2.56. The minimum Gasteiger partial charge on any atom is -0.385 e. The molecule has 0 fully saturated rings. The highest BCUT2D eigenvalue weighted by molar-refractivity contribution is 7.09. The maximum Gasteiger partial charge on any atom is 0.234 e. The molecule has 0 unspecified atom stereocenters. The Hall–Kier alpha value is -1.17. The van der Waals surface area contributed by atoms with Crippen LogP contribution in [-0.4, -0.2) is 44.2 Å². The first-order valence-corrected chi connectivity index (χ1v) is 7.25. The minimum atomic E-state index is 0.0505. The first kappa shape index (κ1) is 15.9. The molecule has 0 bridgehead atoms.